The summed E-state index contributed by atoms with van der Waals surface area (Å²) in [7, 11) is 0. The van der Waals surface area contributed by atoms with E-state index >= 15 is 0 Å². The van der Waals surface area contributed by atoms with Gasteiger partial charge >= 0.3 is 17.8 Å². The minimum absolute atomic E-state index is 0.0122. The van der Waals surface area contributed by atoms with Crippen LogP contribution in [0, 0.1) is 0 Å². The maximum atomic E-state index is 13.3. The second-order valence-electron chi connectivity index (χ2n) is 11.1. The van der Waals surface area contributed by atoms with Gasteiger partial charge in [-0.15, -0.1) is 11.3 Å². The second-order valence-corrected chi connectivity index (χ2v) is 12.2. The molecular weight excluding hydrogens is 512 g/mol. The highest BCUT2D eigenvalue weighted by atomic mass is 32.1. The molecule has 1 aromatic heterocycles. The van der Waals surface area contributed by atoms with Gasteiger partial charge in [-0.25, -0.2) is 9.59 Å². The zero-order valence-electron chi connectivity index (χ0n) is 22.1. The summed E-state index contributed by atoms with van der Waals surface area (Å²) < 4.78 is 16.5. The first kappa shape index (κ1) is 27.5. The number of ether oxygens (including phenoxy) is 3. The molecule has 3 amide bonds. The van der Waals surface area contributed by atoms with Crippen LogP contribution in [-0.2, 0) is 48.2 Å². The van der Waals surface area contributed by atoms with E-state index in [9.17, 15) is 24.0 Å². The number of esters is 2. The van der Waals surface area contributed by atoms with Crippen LogP contribution in [0.25, 0.3) is 0 Å². The van der Waals surface area contributed by atoms with Crippen molar-refractivity contribution in [3.05, 3.63) is 51.4 Å². The molecule has 2 aliphatic rings. The predicted molar refractivity (Wildman–Crippen MR) is 138 cm³/mol. The molecule has 0 radical (unpaired) electrons. The molecule has 1 atom stereocenters. The summed E-state index contributed by atoms with van der Waals surface area (Å²) in [6.07, 6.45) is -1.03. The predicted octanol–water partition coefficient (Wildman–Crippen LogP) is 3.61. The van der Waals surface area contributed by atoms with Gasteiger partial charge in [0.15, 0.2) is 0 Å². The van der Waals surface area contributed by atoms with E-state index in [0.717, 1.165) is 21.8 Å². The van der Waals surface area contributed by atoms with Crippen molar-refractivity contribution in [2.24, 2.45) is 0 Å². The Kier molecular flexibility index (Phi) is 7.19. The van der Waals surface area contributed by atoms with E-state index in [1.807, 2.05) is 0 Å². The van der Waals surface area contributed by atoms with Crippen molar-refractivity contribution in [1.29, 1.82) is 0 Å². The molecule has 0 fully saturated rings. The average molecular weight is 543 g/mol. The first-order chi connectivity index (χ1) is 17.6. The molecule has 0 saturated carbocycles. The zero-order valence-corrected chi connectivity index (χ0v) is 22.9. The summed E-state index contributed by atoms with van der Waals surface area (Å²) >= 11 is 1.06. The van der Waals surface area contributed by atoms with E-state index in [4.69, 9.17) is 14.2 Å². The van der Waals surface area contributed by atoms with Gasteiger partial charge in [0.25, 0.3) is 11.8 Å². The Hall–Kier alpha value is -3.57. The number of amides is 3. The third kappa shape index (κ3) is 5.78. The molecule has 2 aliphatic heterocycles. The number of imide groups is 1. The number of benzene rings is 1. The molecule has 0 bridgehead atoms. The van der Waals surface area contributed by atoms with Gasteiger partial charge in [0, 0.05) is 16.9 Å². The topological polar surface area (TPSA) is 128 Å². The van der Waals surface area contributed by atoms with Crippen molar-refractivity contribution >= 4 is 46.0 Å². The molecule has 10 nitrogen and oxygen atoms in total. The van der Waals surface area contributed by atoms with Crippen LogP contribution in [-0.4, -0.2) is 51.9 Å². The van der Waals surface area contributed by atoms with Crippen molar-refractivity contribution in [2.45, 2.75) is 78.4 Å². The SMILES string of the molecule is CC(C)(C)OC(=O)C(=O)Nc1sc2c(c1C(=O)OC(C)(C)C)CC(C(=O)N1Cc3ccccc3C1=O)OC2. The van der Waals surface area contributed by atoms with Gasteiger partial charge < -0.3 is 19.5 Å². The summed E-state index contributed by atoms with van der Waals surface area (Å²) in [6.45, 7) is 10.1. The third-order valence-electron chi connectivity index (χ3n) is 5.67. The summed E-state index contributed by atoms with van der Waals surface area (Å²) in [6, 6.07) is 7.00. The fourth-order valence-electron chi connectivity index (χ4n) is 4.14. The van der Waals surface area contributed by atoms with E-state index in [1.54, 1.807) is 65.8 Å². The highest BCUT2D eigenvalue weighted by Crippen LogP contribution is 2.39. The van der Waals surface area contributed by atoms with Crippen molar-refractivity contribution in [1.82, 2.24) is 4.90 Å². The third-order valence-corrected chi connectivity index (χ3v) is 6.79. The van der Waals surface area contributed by atoms with Crippen LogP contribution in [0.3, 0.4) is 0 Å². The Bertz CT molecular complexity index is 1330. The lowest BCUT2D eigenvalue weighted by Gasteiger charge is -2.26. The molecule has 3 heterocycles. The van der Waals surface area contributed by atoms with Gasteiger partial charge in [-0.05, 0) is 58.7 Å². The minimum atomic E-state index is -1.10. The number of rotatable bonds is 3. The molecule has 1 aromatic carbocycles. The standard InChI is InChI=1S/C27H30N2O8S/c1-26(2,3)36-24(33)19-16-11-17(23(32)29-12-14-9-7-8-10-15(14)22(29)31)35-13-18(16)38-21(19)28-20(30)25(34)37-27(4,5)6/h7-10,17H,11-13H2,1-6H3,(H,28,30). The molecule has 0 spiro atoms. The number of fused-ring (bicyclic) bond motifs is 2. The normalized spacial score (nSPS) is 16.9. The lowest BCUT2D eigenvalue weighted by atomic mass is 9.99. The maximum absolute atomic E-state index is 13.3. The molecule has 202 valence electrons. The van der Waals surface area contributed by atoms with Crippen LogP contribution in [0.5, 0.6) is 0 Å². The smallest absolute Gasteiger partial charge is 0.397 e. The number of hydrogen-bond donors (Lipinski definition) is 1. The van der Waals surface area contributed by atoms with Crippen LogP contribution < -0.4 is 5.32 Å². The number of thiophene rings is 1. The quantitative estimate of drug-likeness (QED) is 0.354. The van der Waals surface area contributed by atoms with Gasteiger partial charge in [0.2, 0.25) is 0 Å². The Morgan fingerprint density at radius 1 is 1.03 bits per heavy atom. The van der Waals surface area contributed by atoms with E-state index < -0.39 is 47.0 Å². The number of nitrogens with zero attached hydrogens (tertiary/aromatic N) is 1. The van der Waals surface area contributed by atoms with E-state index in [0.29, 0.717) is 16.0 Å². The molecular formula is C27H30N2O8S. The van der Waals surface area contributed by atoms with Crippen LogP contribution in [0.4, 0.5) is 5.00 Å². The van der Waals surface area contributed by atoms with Crippen molar-refractivity contribution in [2.75, 3.05) is 5.32 Å². The van der Waals surface area contributed by atoms with E-state index in [2.05, 4.69) is 5.32 Å². The van der Waals surface area contributed by atoms with Crippen LogP contribution in [0.15, 0.2) is 24.3 Å². The van der Waals surface area contributed by atoms with Crippen LogP contribution in [0.1, 0.15) is 78.3 Å². The molecule has 2 aromatic rings. The maximum Gasteiger partial charge on any atom is 0.397 e. The largest absolute Gasteiger partial charge is 0.456 e. The van der Waals surface area contributed by atoms with Crippen molar-refractivity contribution in [3.63, 3.8) is 0 Å². The van der Waals surface area contributed by atoms with Gasteiger partial charge in [0.1, 0.15) is 22.3 Å². The molecule has 0 aliphatic carbocycles. The summed E-state index contributed by atoms with van der Waals surface area (Å²) in [5.74, 6) is -3.78. The Balaban J connectivity index is 1.61. The van der Waals surface area contributed by atoms with Crippen molar-refractivity contribution < 1.29 is 38.2 Å². The monoisotopic (exact) mass is 542 g/mol. The molecule has 38 heavy (non-hydrogen) atoms. The molecule has 11 heteroatoms. The van der Waals surface area contributed by atoms with Crippen LogP contribution >= 0.6 is 11.3 Å². The Morgan fingerprint density at radius 3 is 2.32 bits per heavy atom. The van der Waals surface area contributed by atoms with E-state index in [1.165, 1.54) is 0 Å². The van der Waals surface area contributed by atoms with Gasteiger partial charge in [-0.2, -0.15) is 0 Å². The summed E-state index contributed by atoms with van der Waals surface area (Å²) in [5.41, 5.74) is 0.0120. The first-order valence-corrected chi connectivity index (χ1v) is 12.9. The zero-order chi connectivity index (χ0) is 28.0. The Morgan fingerprint density at radius 2 is 1.68 bits per heavy atom. The minimum Gasteiger partial charge on any atom is -0.456 e. The fraction of sp³-hybridized carbons (Fsp3) is 0.444. The summed E-state index contributed by atoms with van der Waals surface area (Å²) in [5, 5.41) is 2.57. The highest BCUT2D eigenvalue weighted by Gasteiger charge is 2.40. The highest BCUT2D eigenvalue weighted by molar-refractivity contribution is 7.17. The number of anilines is 1. The van der Waals surface area contributed by atoms with Crippen LogP contribution in [0.2, 0.25) is 0 Å². The fourth-order valence-corrected chi connectivity index (χ4v) is 5.28. The molecule has 0 saturated heterocycles. The van der Waals surface area contributed by atoms with Gasteiger partial charge in [-0.1, -0.05) is 18.2 Å². The Labute approximate surface area is 224 Å². The number of hydrogen-bond acceptors (Lipinski definition) is 9. The number of carbonyl (C=O) groups excluding carboxylic acids is 5. The first-order valence-electron chi connectivity index (χ1n) is 12.1. The lowest BCUT2D eigenvalue weighted by molar-refractivity contribution is -0.161. The van der Waals surface area contributed by atoms with Gasteiger partial charge in [-0.3, -0.25) is 19.3 Å². The number of nitrogens with one attached hydrogen (secondary N) is 1. The van der Waals surface area contributed by atoms with E-state index in [-0.39, 0.29) is 30.1 Å². The second kappa shape index (κ2) is 9.95. The summed E-state index contributed by atoms with van der Waals surface area (Å²) in [4.78, 5) is 66.0. The average Bonchev–Trinajstić information content (AvgIpc) is 3.33. The van der Waals surface area contributed by atoms with Crippen molar-refractivity contribution in [3.8, 4) is 0 Å². The lowest BCUT2D eigenvalue weighted by Crippen LogP contribution is -2.43. The molecule has 1 N–H and O–H groups in total. The molecule has 1 unspecified atom stereocenters. The molecule has 4 rings (SSSR count). The number of carbonyl (C=O) groups is 5. The van der Waals surface area contributed by atoms with Gasteiger partial charge in [0.05, 0.1) is 18.7 Å².